The molecule has 0 atom stereocenters. The monoisotopic (exact) mass is 368 g/mol. The van der Waals surface area contributed by atoms with E-state index in [1.807, 2.05) is 29.2 Å². The number of carbonyl (C=O) groups is 1. The number of amides is 1. The number of benzene rings is 2. The fourth-order valence-electron chi connectivity index (χ4n) is 3.49. The molecule has 0 spiro atoms. The first kappa shape index (κ1) is 17.7. The molecule has 1 saturated heterocycles. The lowest BCUT2D eigenvalue weighted by Gasteiger charge is -2.35. The normalized spacial score (nSPS) is 16.9. The van der Waals surface area contributed by atoms with Crippen molar-refractivity contribution in [3.8, 4) is 17.2 Å². The zero-order chi connectivity index (χ0) is 18.6. The fourth-order valence-corrected chi connectivity index (χ4v) is 3.49. The standard InChI is InChI=1S/C21H24N2O4/c1-25-18-4-2-3-17(14-18)21(24)23-9-7-22(8-10-23)15-16-5-6-19-20(13-16)27-12-11-26-19/h2-6,13-14H,7-12,15H2,1H3. The molecule has 4 rings (SSSR count). The summed E-state index contributed by atoms with van der Waals surface area (Å²) < 4.78 is 16.5. The minimum atomic E-state index is 0.0629. The molecule has 1 fully saturated rings. The van der Waals surface area contributed by atoms with Crippen molar-refractivity contribution in [1.82, 2.24) is 9.80 Å². The Morgan fingerprint density at radius 1 is 1.00 bits per heavy atom. The maximum atomic E-state index is 12.7. The van der Waals surface area contributed by atoms with E-state index in [0.717, 1.165) is 44.2 Å². The molecule has 2 aromatic carbocycles. The molecule has 2 heterocycles. The molecule has 0 aliphatic carbocycles. The average Bonchev–Trinajstić information content (AvgIpc) is 2.74. The number of ether oxygens (including phenoxy) is 3. The van der Waals surface area contributed by atoms with Crippen molar-refractivity contribution in [2.24, 2.45) is 0 Å². The summed E-state index contributed by atoms with van der Waals surface area (Å²) in [5.41, 5.74) is 1.88. The van der Waals surface area contributed by atoms with Crippen LogP contribution < -0.4 is 14.2 Å². The van der Waals surface area contributed by atoms with E-state index < -0.39 is 0 Å². The molecule has 2 aromatic rings. The number of carbonyl (C=O) groups excluding carboxylic acids is 1. The largest absolute Gasteiger partial charge is 0.497 e. The van der Waals surface area contributed by atoms with Crippen LogP contribution in [-0.4, -0.2) is 62.2 Å². The molecule has 142 valence electrons. The third-order valence-corrected chi connectivity index (χ3v) is 4.99. The van der Waals surface area contributed by atoms with E-state index in [0.29, 0.717) is 24.5 Å². The van der Waals surface area contributed by atoms with Crippen LogP contribution in [0.3, 0.4) is 0 Å². The van der Waals surface area contributed by atoms with Gasteiger partial charge in [0.2, 0.25) is 0 Å². The minimum Gasteiger partial charge on any atom is -0.497 e. The number of rotatable bonds is 4. The number of hydrogen-bond donors (Lipinski definition) is 0. The highest BCUT2D eigenvalue weighted by molar-refractivity contribution is 5.94. The second-order valence-electron chi connectivity index (χ2n) is 6.78. The van der Waals surface area contributed by atoms with Crippen LogP contribution in [0.4, 0.5) is 0 Å². The highest BCUT2D eigenvalue weighted by Gasteiger charge is 2.23. The van der Waals surface area contributed by atoms with Gasteiger partial charge in [-0.25, -0.2) is 0 Å². The van der Waals surface area contributed by atoms with Gasteiger partial charge in [0.15, 0.2) is 11.5 Å². The van der Waals surface area contributed by atoms with Crippen molar-refractivity contribution in [2.45, 2.75) is 6.54 Å². The highest BCUT2D eigenvalue weighted by Crippen LogP contribution is 2.31. The summed E-state index contributed by atoms with van der Waals surface area (Å²) in [5, 5.41) is 0. The Morgan fingerprint density at radius 3 is 2.56 bits per heavy atom. The molecule has 2 aliphatic rings. The lowest BCUT2D eigenvalue weighted by Crippen LogP contribution is -2.48. The second kappa shape index (κ2) is 7.88. The first-order valence-corrected chi connectivity index (χ1v) is 9.27. The van der Waals surface area contributed by atoms with E-state index in [2.05, 4.69) is 17.0 Å². The number of piperazine rings is 1. The summed E-state index contributed by atoms with van der Waals surface area (Å²) in [6, 6.07) is 13.5. The number of nitrogens with zero attached hydrogens (tertiary/aromatic N) is 2. The predicted octanol–water partition coefficient (Wildman–Crippen LogP) is 2.42. The number of fused-ring (bicyclic) bond motifs is 1. The Labute approximate surface area is 159 Å². The molecule has 6 nitrogen and oxygen atoms in total. The van der Waals surface area contributed by atoms with Gasteiger partial charge < -0.3 is 19.1 Å². The van der Waals surface area contributed by atoms with Crippen molar-refractivity contribution in [3.05, 3.63) is 53.6 Å². The molecule has 0 N–H and O–H groups in total. The van der Waals surface area contributed by atoms with Crippen LogP contribution in [0.1, 0.15) is 15.9 Å². The summed E-state index contributed by atoms with van der Waals surface area (Å²) >= 11 is 0. The summed E-state index contributed by atoms with van der Waals surface area (Å²) in [5.74, 6) is 2.41. The van der Waals surface area contributed by atoms with Gasteiger partial charge in [0.1, 0.15) is 19.0 Å². The Bertz CT molecular complexity index is 816. The topological polar surface area (TPSA) is 51.2 Å². The first-order chi connectivity index (χ1) is 13.2. The van der Waals surface area contributed by atoms with E-state index in [9.17, 15) is 4.79 Å². The molecule has 1 amide bonds. The van der Waals surface area contributed by atoms with Crippen LogP contribution in [0, 0.1) is 0 Å². The maximum Gasteiger partial charge on any atom is 0.254 e. The van der Waals surface area contributed by atoms with Gasteiger partial charge in [-0.3, -0.25) is 9.69 Å². The minimum absolute atomic E-state index is 0.0629. The van der Waals surface area contributed by atoms with Crippen molar-refractivity contribution in [3.63, 3.8) is 0 Å². The van der Waals surface area contributed by atoms with Crippen molar-refractivity contribution in [1.29, 1.82) is 0 Å². The molecular weight excluding hydrogens is 344 g/mol. The van der Waals surface area contributed by atoms with Crippen LogP contribution in [0.2, 0.25) is 0 Å². The lowest BCUT2D eigenvalue weighted by molar-refractivity contribution is 0.0628. The van der Waals surface area contributed by atoms with E-state index in [1.54, 1.807) is 13.2 Å². The van der Waals surface area contributed by atoms with E-state index >= 15 is 0 Å². The van der Waals surface area contributed by atoms with Crippen LogP contribution in [0.15, 0.2) is 42.5 Å². The van der Waals surface area contributed by atoms with E-state index in [-0.39, 0.29) is 5.91 Å². The van der Waals surface area contributed by atoms with Gasteiger partial charge >= 0.3 is 0 Å². The molecule has 2 aliphatic heterocycles. The zero-order valence-electron chi connectivity index (χ0n) is 15.5. The van der Waals surface area contributed by atoms with Gasteiger partial charge in [-0.05, 0) is 35.9 Å². The third-order valence-electron chi connectivity index (χ3n) is 4.99. The highest BCUT2D eigenvalue weighted by atomic mass is 16.6. The molecular formula is C21H24N2O4. The van der Waals surface area contributed by atoms with E-state index in [1.165, 1.54) is 5.56 Å². The van der Waals surface area contributed by atoms with Crippen LogP contribution in [0.25, 0.3) is 0 Å². The summed E-state index contributed by atoms with van der Waals surface area (Å²) in [6.07, 6.45) is 0. The van der Waals surface area contributed by atoms with Crippen LogP contribution >= 0.6 is 0 Å². The molecule has 0 bridgehead atoms. The first-order valence-electron chi connectivity index (χ1n) is 9.27. The molecule has 27 heavy (non-hydrogen) atoms. The number of hydrogen-bond acceptors (Lipinski definition) is 5. The Morgan fingerprint density at radius 2 is 1.78 bits per heavy atom. The van der Waals surface area contributed by atoms with Crippen LogP contribution in [-0.2, 0) is 6.54 Å². The van der Waals surface area contributed by atoms with E-state index in [4.69, 9.17) is 14.2 Å². The quantitative estimate of drug-likeness (QED) is 0.830. The van der Waals surface area contributed by atoms with Gasteiger partial charge in [0, 0.05) is 38.3 Å². The fraction of sp³-hybridized carbons (Fsp3) is 0.381. The lowest BCUT2D eigenvalue weighted by atomic mass is 10.1. The van der Waals surface area contributed by atoms with Crippen LogP contribution in [0.5, 0.6) is 17.2 Å². The molecule has 0 unspecified atom stereocenters. The smallest absolute Gasteiger partial charge is 0.254 e. The maximum absolute atomic E-state index is 12.7. The predicted molar refractivity (Wildman–Crippen MR) is 102 cm³/mol. The molecule has 0 aromatic heterocycles. The number of methoxy groups -OCH3 is 1. The van der Waals surface area contributed by atoms with Gasteiger partial charge in [-0.15, -0.1) is 0 Å². The Hall–Kier alpha value is -2.73. The summed E-state index contributed by atoms with van der Waals surface area (Å²) in [6.45, 7) is 5.20. The van der Waals surface area contributed by atoms with Crippen molar-refractivity contribution in [2.75, 3.05) is 46.5 Å². The van der Waals surface area contributed by atoms with Crippen molar-refractivity contribution < 1.29 is 19.0 Å². The van der Waals surface area contributed by atoms with Crippen molar-refractivity contribution >= 4 is 5.91 Å². The molecule has 0 radical (unpaired) electrons. The molecule has 0 saturated carbocycles. The second-order valence-corrected chi connectivity index (χ2v) is 6.78. The molecule has 6 heteroatoms. The van der Waals surface area contributed by atoms with Gasteiger partial charge in [-0.1, -0.05) is 12.1 Å². The van der Waals surface area contributed by atoms with Gasteiger partial charge in [-0.2, -0.15) is 0 Å². The third kappa shape index (κ3) is 4.01. The summed E-state index contributed by atoms with van der Waals surface area (Å²) in [4.78, 5) is 17.0. The average molecular weight is 368 g/mol. The van der Waals surface area contributed by atoms with Gasteiger partial charge in [0.25, 0.3) is 5.91 Å². The Kier molecular flexibility index (Phi) is 5.16. The Balaban J connectivity index is 1.34. The zero-order valence-corrected chi connectivity index (χ0v) is 15.5. The van der Waals surface area contributed by atoms with Gasteiger partial charge in [0.05, 0.1) is 7.11 Å². The SMILES string of the molecule is COc1cccc(C(=O)N2CCN(Cc3ccc4c(c3)OCCO4)CC2)c1. The summed E-state index contributed by atoms with van der Waals surface area (Å²) in [7, 11) is 1.61.